The number of aryl methyl sites for hydroxylation is 1. The fourth-order valence-electron chi connectivity index (χ4n) is 1.58. The molecule has 0 radical (unpaired) electrons. The maximum atomic E-state index is 11.9. The summed E-state index contributed by atoms with van der Waals surface area (Å²) >= 11 is 5.07. The Hall–Kier alpha value is -1.42. The van der Waals surface area contributed by atoms with Gasteiger partial charge < -0.3 is 5.32 Å². The SMILES string of the molecule is CCCCCNC(=S)NC(=O)c1cccc(C)c1. The van der Waals surface area contributed by atoms with Gasteiger partial charge in [-0.1, -0.05) is 37.5 Å². The number of hydrogen-bond donors (Lipinski definition) is 2. The van der Waals surface area contributed by atoms with Crippen molar-refractivity contribution in [2.75, 3.05) is 6.54 Å². The van der Waals surface area contributed by atoms with Crippen LogP contribution in [-0.4, -0.2) is 17.6 Å². The Morgan fingerprint density at radius 2 is 2.11 bits per heavy atom. The van der Waals surface area contributed by atoms with Crippen LogP contribution in [0.2, 0.25) is 0 Å². The summed E-state index contributed by atoms with van der Waals surface area (Å²) in [6.07, 6.45) is 3.41. The summed E-state index contributed by atoms with van der Waals surface area (Å²) in [7, 11) is 0. The zero-order valence-corrected chi connectivity index (χ0v) is 11.8. The lowest BCUT2D eigenvalue weighted by molar-refractivity contribution is 0.0976. The number of thiocarbonyl (C=S) groups is 1. The van der Waals surface area contributed by atoms with Crippen LogP contribution in [0.5, 0.6) is 0 Å². The molecular weight excluding hydrogens is 244 g/mol. The van der Waals surface area contributed by atoms with Gasteiger partial charge in [0.1, 0.15) is 0 Å². The standard InChI is InChI=1S/C14H20N2OS/c1-3-4-5-9-15-14(18)16-13(17)12-8-6-7-11(2)10-12/h6-8,10H,3-5,9H2,1-2H3,(H2,15,16,17,18). The molecule has 0 atom stereocenters. The highest BCUT2D eigenvalue weighted by atomic mass is 32.1. The molecule has 0 saturated heterocycles. The maximum Gasteiger partial charge on any atom is 0.257 e. The van der Waals surface area contributed by atoms with E-state index in [-0.39, 0.29) is 5.91 Å². The second kappa shape index (κ2) is 7.82. The molecule has 0 aromatic heterocycles. The molecule has 0 spiro atoms. The molecule has 0 aliphatic carbocycles. The van der Waals surface area contributed by atoms with E-state index in [0.717, 1.165) is 18.5 Å². The summed E-state index contributed by atoms with van der Waals surface area (Å²) in [5, 5.41) is 6.11. The Labute approximate surface area is 114 Å². The van der Waals surface area contributed by atoms with E-state index in [1.54, 1.807) is 6.07 Å². The minimum absolute atomic E-state index is 0.160. The van der Waals surface area contributed by atoms with Gasteiger partial charge in [0.15, 0.2) is 5.11 Å². The van der Waals surface area contributed by atoms with Crippen molar-refractivity contribution in [2.45, 2.75) is 33.1 Å². The molecule has 0 aliphatic heterocycles. The van der Waals surface area contributed by atoms with Gasteiger partial charge in [-0.2, -0.15) is 0 Å². The first kappa shape index (κ1) is 14.6. The lowest BCUT2D eigenvalue weighted by Crippen LogP contribution is -2.39. The third-order valence-corrected chi connectivity index (χ3v) is 2.82. The highest BCUT2D eigenvalue weighted by molar-refractivity contribution is 7.80. The van der Waals surface area contributed by atoms with E-state index in [1.807, 2.05) is 25.1 Å². The summed E-state index contributed by atoms with van der Waals surface area (Å²) in [6, 6.07) is 7.44. The van der Waals surface area contributed by atoms with Crippen LogP contribution in [0, 0.1) is 6.92 Å². The van der Waals surface area contributed by atoms with Crippen LogP contribution in [0.15, 0.2) is 24.3 Å². The molecule has 4 heteroatoms. The van der Waals surface area contributed by atoms with Gasteiger partial charge in [0.05, 0.1) is 0 Å². The van der Waals surface area contributed by atoms with E-state index in [4.69, 9.17) is 12.2 Å². The molecule has 18 heavy (non-hydrogen) atoms. The molecule has 0 bridgehead atoms. The summed E-state index contributed by atoms with van der Waals surface area (Å²) in [5.41, 5.74) is 1.69. The van der Waals surface area contributed by atoms with Crippen LogP contribution in [-0.2, 0) is 0 Å². The normalized spacial score (nSPS) is 9.89. The van der Waals surface area contributed by atoms with E-state index >= 15 is 0 Å². The predicted molar refractivity (Wildman–Crippen MR) is 78.8 cm³/mol. The average molecular weight is 264 g/mol. The monoisotopic (exact) mass is 264 g/mol. The van der Waals surface area contributed by atoms with E-state index < -0.39 is 0 Å². The van der Waals surface area contributed by atoms with Crippen molar-refractivity contribution in [3.05, 3.63) is 35.4 Å². The lowest BCUT2D eigenvalue weighted by atomic mass is 10.1. The Morgan fingerprint density at radius 3 is 2.78 bits per heavy atom. The van der Waals surface area contributed by atoms with Gasteiger partial charge in [-0.25, -0.2) is 0 Å². The van der Waals surface area contributed by atoms with Gasteiger partial charge in [-0.15, -0.1) is 0 Å². The third kappa shape index (κ3) is 5.27. The molecular formula is C14H20N2OS. The van der Waals surface area contributed by atoms with Crippen molar-refractivity contribution in [3.8, 4) is 0 Å². The van der Waals surface area contributed by atoms with Crippen LogP contribution in [0.1, 0.15) is 42.1 Å². The fraction of sp³-hybridized carbons (Fsp3) is 0.429. The number of unbranched alkanes of at least 4 members (excludes halogenated alkanes) is 2. The van der Waals surface area contributed by atoms with Crippen molar-refractivity contribution in [3.63, 3.8) is 0 Å². The van der Waals surface area contributed by atoms with E-state index in [0.29, 0.717) is 10.7 Å². The van der Waals surface area contributed by atoms with Crippen molar-refractivity contribution < 1.29 is 4.79 Å². The summed E-state index contributed by atoms with van der Waals surface area (Å²) in [5.74, 6) is -0.160. The first-order valence-corrected chi connectivity index (χ1v) is 6.70. The van der Waals surface area contributed by atoms with Crippen LogP contribution in [0.4, 0.5) is 0 Å². The molecule has 0 saturated carbocycles. The molecule has 1 aromatic rings. The van der Waals surface area contributed by atoms with Crippen molar-refractivity contribution in [1.82, 2.24) is 10.6 Å². The Morgan fingerprint density at radius 1 is 1.33 bits per heavy atom. The molecule has 2 N–H and O–H groups in total. The first-order chi connectivity index (χ1) is 8.63. The molecule has 1 amide bonds. The van der Waals surface area contributed by atoms with E-state index in [2.05, 4.69) is 17.6 Å². The van der Waals surface area contributed by atoms with Crippen LogP contribution < -0.4 is 10.6 Å². The minimum Gasteiger partial charge on any atom is -0.362 e. The third-order valence-electron chi connectivity index (χ3n) is 2.57. The number of benzene rings is 1. The number of rotatable bonds is 5. The molecule has 3 nitrogen and oxygen atoms in total. The second-order valence-electron chi connectivity index (χ2n) is 4.29. The maximum absolute atomic E-state index is 11.9. The lowest BCUT2D eigenvalue weighted by Gasteiger charge is -2.09. The quantitative estimate of drug-likeness (QED) is 0.634. The van der Waals surface area contributed by atoms with Crippen LogP contribution >= 0.6 is 12.2 Å². The largest absolute Gasteiger partial charge is 0.362 e. The highest BCUT2D eigenvalue weighted by Gasteiger charge is 2.06. The Balaban J connectivity index is 2.38. The van der Waals surface area contributed by atoms with E-state index in [1.165, 1.54) is 12.8 Å². The molecule has 0 fully saturated rings. The van der Waals surface area contributed by atoms with Crippen molar-refractivity contribution >= 4 is 23.2 Å². The summed E-state index contributed by atoms with van der Waals surface area (Å²) in [6.45, 7) is 4.91. The first-order valence-electron chi connectivity index (χ1n) is 6.29. The number of nitrogens with one attached hydrogen (secondary N) is 2. The smallest absolute Gasteiger partial charge is 0.257 e. The van der Waals surface area contributed by atoms with Gasteiger partial charge in [0, 0.05) is 12.1 Å². The molecule has 0 unspecified atom stereocenters. The zero-order valence-electron chi connectivity index (χ0n) is 11.0. The molecule has 1 aromatic carbocycles. The van der Waals surface area contributed by atoms with Gasteiger partial charge in [0.25, 0.3) is 5.91 Å². The van der Waals surface area contributed by atoms with Crippen LogP contribution in [0.3, 0.4) is 0 Å². The van der Waals surface area contributed by atoms with Gasteiger partial charge in [-0.3, -0.25) is 10.1 Å². The number of carbonyl (C=O) groups is 1. The number of amides is 1. The average Bonchev–Trinajstić information content (AvgIpc) is 2.34. The van der Waals surface area contributed by atoms with Gasteiger partial charge in [-0.05, 0) is 37.7 Å². The molecule has 0 aliphatic rings. The van der Waals surface area contributed by atoms with Gasteiger partial charge >= 0.3 is 0 Å². The molecule has 98 valence electrons. The molecule has 0 heterocycles. The zero-order chi connectivity index (χ0) is 13.4. The highest BCUT2D eigenvalue weighted by Crippen LogP contribution is 2.03. The number of hydrogen-bond acceptors (Lipinski definition) is 2. The summed E-state index contributed by atoms with van der Waals surface area (Å²) < 4.78 is 0. The van der Waals surface area contributed by atoms with Crippen molar-refractivity contribution in [2.24, 2.45) is 0 Å². The fourth-order valence-corrected chi connectivity index (χ4v) is 1.78. The van der Waals surface area contributed by atoms with Gasteiger partial charge in [0.2, 0.25) is 0 Å². The Bertz CT molecular complexity index is 418. The topological polar surface area (TPSA) is 41.1 Å². The summed E-state index contributed by atoms with van der Waals surface area (Å²) in [4.78, 5) is 11.9. The van der Waals surface area contributed by atoms with Crippen molar-refractivity contribution in [1.29, 1.82) is 0 Å². The predicted octanol–water partition coefficient (Wildman–Crippen LogP) is 2.79. The minimum atomic E-state index is -0.160. The Kier molecular flexibility index (Phi) is 6.36. The van der Waals surface area contributed by atoms with E-state index in [9.17, 15) is 4.79 Å². The number of carbonyl (C=O) groups excluding carboxylic acids is 1. The van der Waals surface area contributed by atoms with Crippen LogP contribution in [0.25, 0.3) is 0 Å². The molecule has 1 rings (SSSR count). The second-order valence-corrected chi connectivity index (χ2v) is 4.69.